The molecule has 0 bridgehead atoms. The van der Waals surface area contributed by atoms with Gasteiger partial charge in [0.1, 0.15) is 5.04 Å². The molecular formula is C22H28ClN5O3S2. The van der Waals surface area contributed by atoms with Crippen molar-refractivity contribution >= 4 is 49.4 Å². The summed E-state index contributed by atoms with van der Waals surface area (Å²) in [6, 6.07) is 5.16. The molecular weight excluding hydrogens is 482 g/mol. The lowest BCUT2D eigenvalue weighted by Crippen LogP contribution is -2.48. The van der Waals surface area contributed by atoms with Crippen molar-refractivity contribution in [2.45, 2.75) is 26.3 Å². The number of halogens is 1. The van der Waals surface area contributed by atoms with E-state index in [1.807, 2.05) is 7.05 Å². The van der Waals surface area contributed by atoms with Gasteiger partial charge in [0, 0.05) is 75.3 Å². The summed E-state index contributed by atoms with van der Waals surface area (Å²) in [5, 5.41) is 0.677. The average Bonchev–Trinajstić information content (AvgIpc) is 3.34. The summed E-state index contributed by atoms with van der Waals surface area (Å²) >= 11 is 7.69. The smallest absolute Gasteiger partial charge is 0.223 e. The Morgan fingerprint density at radius 3 is 2.64 bits per heavy atom. The van der Waals surface area contributed by atoms with Crippen LogP contribution in [-0.4, -0.2) is 72.7 Å². The van der Waals surface area contributed by atoms with E-state index in [0.717, 1.165) is 30.0 Å². The summed E-state index contributed by atoms with van der Waals surface area (Å²) in [7, 11) is 0.224. The zero-order valence-electron chi connectivity index (χ0n) is 19.0. The molecule has 1 amide bonds. The van der Waals surface area contributed by atoms with E-state index < -0.39 is 9.84 Å². The molecule has 0 unspecified atom stereocenters. The quantitative estimate of drug-likeness (QED) is 0.619. The second-order valence-electron chi connectivity index (χ2n) is 8.36. The van der Waals surface area contributed by atoms with Crippen LogP contribution in [-0.2, 0) is 34.6 Å². The highest BCUT2D eigenvalue weighted by atomic mass is 35.5. The van der Waals surface area contributed by atoms with Crippen molar-refractivity contribution in [3.63, 3.8) is 0 Å². The van der Waals surface area contributed by atoms with Crippen LogP contribution in [0.1, 0.15) is 22.6 Å². The highest BCUT2D eigenvalue weighted by Gasteiger charge is 2.29. The van der Waals surface area contributed by atoms with E-state index >= 15 is 0 Å². The molecule has 0 radical (unpaired) electrons. The van der Waals surface area contributed by atoms with Gasteiger partial charge in [-0.2, -0.15) is 0 Å². The molecule has 2 aromatic rings. The normalized spacial score (nSPS) is 17.4. The number of thiazole rings is 1. The van der Waals surface area contributed by atoms with Gasteiger partial charge in [0.25, 0.3) is 0 Å². The van der Waals surface area contributed by atoms with Crippen LogP contribution < -0.4 is 4.80 Å². The molecule has 4 rings (SSSR count). The summed E-state index contributed by atoms with van der Waals surface area (Å²) in [6.07, 6.45) is 0.206. The standard InChI is InChI=1S/C22H28ClN5O3S2/c1-15-19(32-22(24-2)26(15)3)14-27-7-9-28(10-8-27)21(29)6-11-33(30,31)20-13-16-12-17(23)4-5-18(16)25-20/h4-5,12H,6-11,13-14H2,1-3H3/b24-22-. The third-order valence-electron chi connectivity index (χ3n) is 6.26. The number of aromatic nitrogens is 1. The number of piperazine rings is 1. The molecule has 11 heteroatoms. The highest BCUT2D eigenvalue weighted by Crippen LogP contribution is 2.30. The second-order valence-corrected chi connectivity index (χ2v) is 12.0. The first-order chi connectivity index (χ1) is 15.7. The van der Waals surface area contributed by atoms with E-state index in [1.54, 1.807) is 41.5 Å². The van der Waals surface area contributed by atoms with Gasteiger partial charge in [-0.05, 0) is 30.7 Å². The van der Waals surface area contributed by atoms with E-state index in [1.165, 1.54) is 10.6 Å². The number of amides is 1. The number of carbonyl (C=O) groups is 1. The fourth-order valence-electron chi connectivity index (χ4n) is 4.10. The molecule has 33 heavy (non-hydrogen) atoms. The summed E-state index contributed by atoms with van der Waals surface area (Å²) in [5.41, 5.74) is 2.65. The minimum atomic E-state index is -3.60. The van der Waals surface area contributed by atoms with Gasteiger partial charge in [-0.25, -0.2) is 13.4 Å². The first-order valence-electron chi connectivity index (χ1n) is 10.8. The lowest BCUT2D eigenvalue weighted by molar-refractivity contribution is -0.132. The molecule has 1 saturated heterocycles. The van der Waals surface area contributed by atoms with Crippen LogP contribution in [0, 0.1) is 6.92 Å². The van der Waals surface area contributed by atoms with E-state index in [-0.39, 0.29) is 29.5 Å². The first-order valence-corrected chi connectivity index (χ1v) is 13.7. The van der Waals surface area contributed by atoms with Gasteiger partial charge >= 0.3 is 0 Å². The Bertz CT molecular complexity index is 1270. The van der Waals surface area contributed by atoms with Gasteiger partial charge in [0.05, 0.1) is 11.4 Å². The zero-order valence-corrected chi connectivity index (χ0v) is 21.4. The molecule has 2 aliphatic rings. The third kappa shape index (κ3) is 5.24. The molecule has 0 saturated carbocycles. The van der Waals surface area contributed by atoms with Gasteiger partial charge in [-0.1, -0.05) is 11.6 Å². The maximum atomic E-state index is 12.8. The van der Waals surface area contributed by atoms with Crippen LogP contribution in [0.5, 0.6) is 0 Å². The molecule has 1 fully saturated rings. The Balaban J connectivity index is 1.28. The van der Waals surface area contributed by atoms with E-state index in [0.29, 0.717) is 23.8 Å². The zero-order chi connectivity index (χ0) is 23.8. The van der Waals surface area contributed by atoms with Crippen LogP contribution >= 0.6 is 22.9 Å². The predicted molar refractivity (Wildman–Crippen MR) is 132 cm³/mol. The highest BCUT2D eigenvalue weighted by molar-refractivity contribution is 8.06. The topological polar surface area (TPSA) is 87.3 Å². The number of hydrogen-bond donors (Lipinski definition) is 0. The number of benzene rings is 1. The Kier molecular flexibility index (Phi) is 7.09. The molecule has 0 aliphatic carbocycles. The Labute approximate surface area is 203 Å². The van der Waals surface area contributed by atoms with Crippen molar-refractivity contribution in [1.29, 1.82) is 0 Å². The monoisotopic (exact) mass is 509 g/mol. The fraction of sp³-hybridized carbons (Fsp3) is 0.500. The van der Waals surface area contributed by atoms with Crippen molar-refractivity contribution in [2.24, 2.45) is 17.0 Å². The Hall–Kier alpha value is -2.01. The van der Waals surface area contributed by atoms with Crippen molar-refractivity contribution in [1.82, 2.24) is 14.4 Å². The number of nitrogens with zero attached hydrogens (tertiary/aromatic N) is 5. The predicted octanol–water partition coefficient (Wildman–Crippen LogP) is 2.31. The van der Waals surface area contributed by atoms with Crippen molar-refractivity contribution in [3.8, 4) is 0 Å². The molecule has 1 aromatic heterocycles. The van der Waals surface area contributed by atoms with Crippen molar-refractivity contribution < 1.29 is 13.2 Å². The minimum Gasteiger partial charge on any atom is -0.340 e. The molecule has 0 atom stereocenters. The fourth-order valence-corrected chi connectivity index (χ4v) is 6.71. The summed E-state index contributed by atoms with van der Waals surface area (Å²) in [4.78, 5) is 27.6. The average molecular weight is 510 g/mol. The van der Waals surface area contributed by atoms with E-state index in [9.17, 15) is 13.2 Å². The van der Waals surface area contributed by atoms with Crippen molar-refractivity contribution in [2.75, 3.05) is 39.0 Å². The van der Waals surface area contributed by atoms with Crippen LogP contribution in [0.3, 0.4) is 0 Å². The molecule has 0 N–H and O–H groups in total. The molecule has 3 heterocycles. The van der Waals surface area contributed by atoms with E-state index in [2.05, 4.69) is 26.4 Å². The summed E-state index contributed by atoms with van der Waals surface area (Å²) in [5.74, 6) is -0.344. The lowest BCUT2D eigenvalue weighted by atomic mass is 10.2. The lowest BCUT2D eigenvalue weighted by Gasteiger charge is -2.34. The first kappa shape index (κ1) is 24.1. The molecule has 178 valence electrons. The number of hydrogen-bond acceptors (Lipinski definition) is 7. The molecule has 8 nitrogen and oxygen atoms in total. The maximum Gasteiger partial charge on any atom is 0.223 e. The summed E-state index contributed by atoms with van der Waals surface area (Å²) < 4.78 is 27.6. The number of aliphatic imine (C=N–C) groups is 1. The number of carbonyl (C=O) groups excluding carboxylic acids is 1. The van der Waals surface area contributed by atoms with Crippen molar-refractivity contribution in [3.05, 3.63) is 44.2 Å². The van der Waals surface area contributed by atoms with Crippen LogP contribution in [0.25, 0.3) is 0 Å². The van der Waals surface area contributed by atoms with E-state index in [4.69, 9.17) is 11.6 Å². The van der Waals surface area contributed by atoms with Gasteiger partial charge in [-0.15, -0.1) is 11.3 Å². The largest absolute Gasteiger partial charge is 0.340 e. The number of sulfone groups is 1. The summed E-state index contributed by atoms with van der Waals surface area (Å²) in [6.45, 7) is 5.67. The molecule has 2 aliphatic heterocycles. The van der Waals surface area contributed by atoms with Gasteiger partial charge < -0.3 is 9.47 Å². The van der Waals surface area contributed by atoms with Crippen LogP contribution in [0.4, 0.5) is 5.69 Å². The van der Waals surface area contributed by atoms with Gasteiger partial charge in [-0.3, -0.25) is 14.7 Å². The van der Waals surface area contributed by atoms with Gasteiger partial charge in [0.15, 0.2) is 14.6 Å². The Morgan fingerprint density at radius 2 is 1.97 bits per heavy atom. The Morgan fingerprint density at radius 1 is 1.24 bits per heavy atom. The van der Waals surface area contributed by atoms with Crippen LogP contribution in [0.2, 0.25) is 5.02 Å². The van der Waals surface area contributed by atoms with Gasteiger partial charge in [0.2, 0.25) is 5.91 Å². The second kappa shape index (κ2) is 9.69. The van der Waals surface area contributed by atoms with Crippen LogP contribution in [0.15, 0.2) is 28.2 Å². The third-order valence-corrected chi connectivity index (χ3v) is 9.50. The number of rotatable bonds is 5. The molecule has 0 spiro atoms. The number of fused-ring (bicyclic) bond motifs is 1. The molecule has 1 aromatic carbocycles. The maximum absolute atomic E-state index is 12.8. The minimum absolute atomic E-state index is 0.0281. The SMILES string of the molecule is C/N=c1\sc(CN2CCN(C(=O)CCS(=O)(=O)C3=Nc4ccc(Cl)cc4C3)CC2)c(C)n1C.